The molecule has 24 heavy (non-hydrogen) atoms. The average Bonchev–Trinajstić information content (AvgIpc) is 2.98. The van der Waals surface area contributed by atoms with Gasteiger partial charge in [-0.15, -0.1) is 5.10 Å². The second-order valence-corrected chi connectivity index (χ2v) is 5.96. The maximum Gasteiger partial charge on any atom is 0.283 e. The maximum absolute atomic E-state index is 13.4. The lowest BCUT2D eigenvalue weighted by Crippen LogP contribution is -2.15. The SMILES string of the molecule is COc1ccccc1Nc1nn2c(=O)c3ccc(F)cc3nc2s1. The smallest absolute Gasteiger partial charge is 0.283 e. The number of rotatable bonds is 3. The van der Waals surface area contributed by atoms with E-state index in [0.717, 1.165) is 5.69 Å². The number of nitrogens with one attached hydrogen (secondary N) is 1. The van der Waals surface area contributed by atoms with Crippen LogP contribution in [0.1, 0.15) is 0 Å². The van der Waals surface area contributed by atoms with Crippen molar-refractivity contribution in [3.8, 4) is 5.75 Å². The summed E-state index contributed by atoms with van der Waals surface area (Å²) in [6, 6.07) is 11.3. The third-order valence-electron chi connectivity index (χ3n) is 3.51. The normalized spacial score (nSPS) is 11.1. The van der Waals surface area contributed by atoms with E-state index in [1.807, 2.05) is 24.3 Å². The van der Waals surface area contributed by atoms with Gasteiger partial charge in [0.15, 0.2) is 0 Å². The fourth-order valence-corrected chi connectivity index (χ4v) is 3.21. The Bertz CT molecular complexity index is 1120. The molecule has 2 aromatic carbocycles. The van der Waals surface area contributed by atoms with Gasteiger partial charge in [0.2, 0.25) is 10.1 Å². The molecule has 0 atom stereocenters. The van der Waals surface area contributed by atoms with E-state index >= 15 is 0 Å². The molecule has 0 aliphatic heterocycles. The number of methoxy groups -OCH3 is 1. The molecule has 0 unspecified atom stereocenters. The molecular weight excluding hydrogens is 331 g/mol. The highest BCUT2D eigenvalue weighted by molar-refractivity contribution is 7.20. The fourth-order valence-electron chi connectivity index (χ4n) is 2.40. The highest BCUT2D eigenvalue weighted by Crippen LogP contribution is 2.29. The Balaban J connectivity index is 1.85. The van der Waals surface area contributed by atoms with Crippen LogP contribution in [0.3, 0.4) is 0 Å². The lowest BCUT2D eigenvalue weighted by Gasteiger charge is -2.07. The van der Waals surface area contributed by atoms with E-state index in [-0.39, 0.29) is 5.56 Å². The molecule has 4 aromatic rings. The summed E-state index contributed by atoms with van der Waals surface area (Å²) in [5.41, 5.74) is 0.703. The molecule has 0 aliphatic rings. The molecule has 0 amide bonds. The lowest BCUT2D eigenvalue weighted by molar-refractivity contribution is 0.417. The molecule has 8 heteroatoms. The van der Waals surface area contributed by atoms with Crippen molar-refractivity contribution in [1.29, 1.82) is 0 Å². The minimum absolute atomic E-state index is 0.312. The van der Waals surface area contributed by atoms with E-state index in [4.69, 9.17) is 4.74 Å². The number of ether oxygens (including phenoxy) is 1. The van der Waals surface area contributed by atoms with Crippen LogP contribution in [-0.2, 0) is 0 Å². The first-order valence-electron chi connectivity index (χ1n) is 7.05. The van der Waals surface area contributed by atoms with E-state index < -0.39 is 5.82 Å². The predicted octanol–water partition coefficient (Wildman–Crippen LogP) is 3.20. The van der Waals surface area contributed by atoms with E-state index in [2.05, 4.69) is 15.4 Å². The summed E-state index contributed by atoms with van der Waals surface area (Å²) in [7, 11) is 1.58. The van der Waals surface area contributed by atoms with Gasteiger partial charge in [-0.25, -0.2) is 9.37 Å². The number of hydrogen-bond donors (Lipinski definition) is 1. The second-order valence-electron chi connectivity index (χ2n) is 5.01. The molecular formula is C16H11FN4O2S. The summed E-state index contributed by atoms with van der Waals surface area (Å²) >= 11 is 1.20. The zero-order valence-electron chi connectivity index (χ0n) is 12.5. The van der Waals surface area contributed by atoms with Crippen LogP contribution in [-0.4, -0.2) is 21.7 Å². The molecule has 120 valence electrons. The van der Waals surface area contributed by atoms with Gasteiger partial charge in [0, 0.05) is 6.07 Å². The van der Waals surface area contributed by atoms with Gasteiger partial charge in [0.05, 0.1) is 23.7 Å². The zero-order valence-corrected chi connectivity index (χ0v) is 13.3. The Morgan fingerprint density at radius 3 is 2.92 bits per heavy atom. The molecule has 0 aliphatic carbocycles. The largest absolute Gasteiger partial charge is 0.495 e. The van der Waals surface area contributed by atoms with Gasteiger partial charge in [-0.1, -0.05) is 23.5 Å². The number of anilines is 2. The average molecular weight is 342 g/mol. The second kappa shape index (κ2) is 5.57. The fraction of sp³-hybridized carbons (Fsp3) is 0.0625. The topological polar surface area (TPSA) is 68.5 Å². The van der Waals surface area contributed by atoms with Crippen molar-refractivity contribution in [3.63, 3.8) is 0 Å². The molecule has 1 N–H and O–H groups in total. The molecule has 0 saturated carbocycles. The first-order chi connectivity index (χ1) is 11.7. The van der Waals surface area contributed by atoms with Crippen LogP contribution in [0.2, 0.25) is 0 Å². The molecule has 0 fully saturated rings. The van der Waals surface area contributed by atoms with Crippen molar-refractivity contribution in [2.24, 2.45) is 0 Å². The third-order valence-corrected chi connectivity index (χ3v) is 4.33. The summed E-state index contributed by atoms with van der Waals surface area (Å²) in [4.78, 5) is 17.2. The first kappa shape index (κ1) is 14.6. The monoisotopic (exact) mass is 342 g/mol. The van der Waals surface area contributed by atoms with Crippen LogP contribution in [0.25, 0.3) is 15.9 Å². The van der Waals surface area contributed by atoms with Crippen LogP contribution >= 0.6 is 11.3 Å². The first-order valence-corrected chi connectivity index (χ1v) is 7.86. The Labute approximate surface area is 139 Å². The minimum Gasteiger partial charge on any atom is -0.495 e. The van der Waals surface area contributed by atoms with Gasteiger partial charge in [-0.2, -0.15) is 4.52 Å². The Hall–Kier alpha value is -3.00. The number of benzene rings is 2. The van der Waals surface area contributed by atoms with Crippen molar-refractivity contribution in [2.75, 3.05) is 12.4 Å². The van der Waals surface area contributed by atoms with Crippen LogP contribution in [0.4, 0.5) is 15.2 Å². The highest BCUT2D eigenvalue weighted by Gasteiger charge is 2.12. The van der Waals surface area contributed by atoms with Gasteiger partial charge in [-0.3, -0.25) is 4.79 Å². The Morgan fingerprint density at radius 2 is 2.08 bits per heavy atom. The number of fused-ring (bicyclic) bond motifs is 2. The standard InChI is InChI=1S/C16H11FN4O2S/c1-23-13-5-3-2-4-11(13)18-15-20-21-14(22)10-7-6-9(17)8-12(10)19-16(21)24-15/h2-8H,1H3,(H,18,20). The molecule has 0 saturated heterocycles. The molecule has 0 spiro atoms. The molecule has 2 heterocycles. The van der Waals surface area contributed by atoms with Crippen molar-refractivity contribution >= 4 is 38.0 Å². The maximum atomic E-state index is 13.4. The van der Waals surface area contributed by atoms with E-state index in [1.54, 1.807) is 7.11 Å². The van der Waals surface area contributed by atoms with Gasteiger partial charge < -0.3 is 10.1 Å². The van der Waals surface area contributed by atoms with Crippen LogP contribution in [0.15, 0.2) is 47.3 Å². The molecule has 0 bridgehead atoms. The van der Waals surface area contributed by atoms with E-state index in [1.165, 1.54) is 34.1 Å². The van der Waals surface area contributed by atoms with Gasteiger partial charge in [0.1, 0.15) is 11.6 Å². The van der Waals surface area contributed by atoms with Crippen molar-refractivity contribution < 1.29 is 9.13 Å². The quantitative estimate of drug-likeness (QED) is 0.619. The van der Waals surface area contributed by atoms with Gasteiger partial charge in [0.25, 0.3) is 5.56 Å². The summed E-state index contributed by atoms with van der Waals surface area (Å²) < 4.78 is 19.8. The number of halogens is 1. The van der Waals surface area contributed by atoms with Crippen molar-refractivity contribution in [1.82, 2.24) is 14.6 Å². The lowest BCUT2D eigenvalue weighted by atomic mass is 10.2. The Kier molecular flexibility index (Phi) is 3.39. The van der Waals surface area contributed by atoms with Crippen LogP contribution in [0, 0.1) is 5.82 Å². The molecule has 0 radical (unpaired) electrons. The summed E-state index contributed by atoms with van der Waals surface area (Å²) in [5.74, 6) is 0.222. The number of aromatic nitrogens is 3. The number of nitrogens with zero attached hydrogens (tertiary/aromatic N) is 3. The zero-order chi connectivity index (χ0) is 16.7. The molecule has 6 nitrogen and oxygen atoms in total. The third kappa shape index (κ3) is 2.37. The van der Waals surface area contributed by atoms with Crippen LogP contribution < -0.4 is 15.6 Å². The summed E-state index contributed by atoms with van der Waals surface area (Å²) in [5, 5.41) is 8.18. The summed E-state index contributed by atoms with van der Waals surface area (Å²) in [6.07, 6.45) is 0. The van der Waals surface area contributed by atoms with E-state index in [0.29, 0.717) is 26.7 Å². The number of hydrogen-bond acceptors (Lipinski definition) is 6. The van der Waals surface area contributed by atoms with E-state index in [9.17, 15) is 9.18 Å². The highest BCUT2D eigenvalue weighted by atomic mass is 32.1. The predicted molar refractivity (Wildman–Crippen MR) is 90.9 cm³/mol. The molecule has 4 rings (SSSR count). The molecule has 2 aromatic heterocycles. The van der Waals surface area contributed by atoms with Crippen LogP contribution in [0.5, 0.6) is 5.75 Å². The van der Waals surface area contributed by atoms with Crippen molar-refractivity contribution in [3.05, 3.63) is 58.6 Å². The summed E-state index contributed by atoms with van der Waals surface area (Å²) in [6.45, 7) is 0. The Morgan fingerprint density at radius 1 is 1.25 bits per heavy atom. The minimum atomic E-state index is -0.435. The van der Waals surface area contributed by atoms with Gasteiger partial charge in [-0.05, 0) is 24.3 Å². The number of para-hydroxylation sites is 2. The van der Waals surface area contributed by atoms with Crippen molar-refractivity contribution in [2.45, 2.75) is 0 Å². The van der Waals surface area contributed by atoms with Gasteiger partial charge >= 0.3 is 0 Å².